The van der Waals surface area contributed by atoms with Crippen LogP contribution in [0.1, 0.15) is 28.4 Å². The Labute approximate surface area is 180 Å². The summed E-state index contributed by atoms with van der Waals surface area (Å²) >= 11 is 0. The SMILES string of the molecule is COc1cc(C(=O)O[C@@H](C(=O)OCc2ccccc2)[C@]2(C)CO2)c2cccc(C)c2c1. The van der Waals surface area contributed by atoms with Gasteiger partial charge >= 0.3 is 11.9 Å². The van der Waals surface area contributed by atoms with Crippen LogP contribution in [0.2, 0.25) is 0 Å². The van der Waals surface area contributed by atoms with Crippen LogP contribution < -0.4 is 4.74 Å². The number of ether oxygens (including phenoxy) is 4. The summed E-state index contributed by atoms with van der Waals surface area (Å²) in [5, 5.41) is 1.61. The standard InChI is InChI=1S/C25H24O6/c1-16-8-7-11-19-20(16)12-18(28-3)13-21(19)23(26)31-22(25(2)15-30-25)24(27)29-14-17-9-5-4-6-10-17/h4-13,22H,14-15H2,1-3H3/t22-,25-/m0/s1. The average molecular weight is 420 g/mol. The third-order valence-electron chi connectivity index (χ3n) is 5.46. The Morgan fingerprint density at radius 1 is 1.06 bits per heavy atom. The van der Waals surface area contributed by atoms with Crippen molar-refractivity contribution in [2.24, 2.45) is 0 Å². The van der Waals surface area contributed by atoms with Crippen LogP contribution in [0.5, 0.6) is 5.75 Å². The van der Waals surface area contributed by atoms with Crippen molar-refractivity contribution < 1.29 is 28.5 Å². The Morgan fingerprint density at radius 2 is 1.81 bits per heavy atom. The van der Waals surface area contributed by atoms with Crippen molar-refractivity contribution in [3.8, 4) is 5.75 Å². The summed E-state index contributed by atoms with van der Waals surface area (Å²) in [5.74, 6) is -0.737. The third kappa shape index (κ3) is 4.39. The molecular weight excluding hydrogens is 396 g/mol. The zero-order chi connectivity index (χ0) is 22.0. The fraction of sp³-hybridized carbons (Fsp3) is 0.280. The molecule has 0 spiro atoms. The van der Waals surface area contributed by atoms with Crippen LogP contribution in [0.25, 0.3) is 10.8 Å². The summed E-state index contributed by atoms with van der Waals surface area (Å²) in [4.78, 5) is 26.0. The second kappa shape index (κ2) is 8.40. The minimum Gasteiger partial charge on any atom is -0.497 e. The topological polar surface area (TPSA) is 74.4 Å². The van der Waals surface area contributed by atoms with Crippen molar-refractivity contribution >= 4 is 22.7 Å². The van der Waals surface area contributed by atoms with Gasteiger partial charge in [-0.2, -0.15) is 0 Å². The molecule has 0 saturated carbocycles. The molecule has 31 heavy (non-hydrogen) atoms. The molecule has 6 heteroatoms. The summed E-state index contributed by atoms with van der Waals surface area (Å²) in [5.41, 5.74) is 1.27. The van der Waals surface area contributed by atoms with Gasteiger partial charge in [0.25, 0.3) is 0 Å². The second-order valence-corrected chi connectivity index (χ2v) is 7.82. The number of epoxide rings is 1. The lowest BCUT2D eigenvalue weighted by Gasteiger charge is -2.21. The van der Waals surface area contributed by atoms with E-state index in [1.165, 1.54) is 7.11 Å². The molecule has 0 amide bonds. The third-order valence-corrected chi connectivity index (χ3v) is 5.46. The first-order chi connectivity index (χ1) is 14.9. The van der Waals surface area contributed by atoms with Gasteiger partial charge in [-0.3, -0.25) is 0 Å². The minimum absolute atomic E-state index is 0.0884. The lowest BCUT2D eigenvalue weighted by molar-refractivity contribution is -0.158. The molecule has 160 valence electrons. The molecule has 0 aliphatic carbocycles. The molecule has 1 aliphatic heterocycles. The van der Waals surface area contributed by atoms with E-state index in [1.54, 1.807) is 13.0 Å². The lowest BCUT2D eigenvalue weighted by Crippen LogP contribution is -2.40. The van der Waals surface area contributed by atoms with E-state index >= 15 is 0 Å². The molecular formula is C25H24O6. The van der Waals surface area contributed by atoms with Crippen LogP contribution in [0.3, 0.4) is 0 Å². The molecule has 0 N–H and O–H groups in total. The predicted molar refractivity (Wildman–Crippen MR) is 115 cm³/mol. The maximum Gasteiger partial charge on any atom is 0.350 e. The number of benzene rings is 3. The zero-order valence-electron chi connectivity index (χ0n) is 17.7. The van der Waals surface area contributed by atoms with Crippen LogP contribution in [0.4, 0.5) is 0 Å². The number of hydrogen-bond donors (Lipinski definition) is 0. The van der Waals surface area contributed by atoms with Crippen LogP contribution in [0, 0.1) is 6.92 Å². The van der Waals surface area contributed by atoms with E-state index < -0.39 is 23.6 Å². The highest BCUT2D eigenvalue weighted by atomic mass is 16.7. The summed E-state index contributed by atoms with van der Waals surface area (Å²) < 4.78 is 21.9. The van der Waals surface area contributed by atoms with E-state index in [-0.39, 0.29) is 6.61 Å². The van der Waals surface area contributed by atoms with Gasteiger partial charge in [0.1, 0.15) is 18.0 Å². The number of rotatable bonds is 7. The van der Waals surface area contributed by atoms with E-state index in [0.29, 0.717) is 17.9 Å². The van der Waals surface area contributed by atoms with Gasteiger partial charge in [0.05, 0.1) is 19.3 Å². The molecule has 1 fully saturated rings. The monoisotopic (exact) mass is 420 g/mol. The van der Waals surface area contributed by atoms with Crippen molar-refractivity contribution in [2.75, 3.05) is 13.7 Å². The van der Waals surface area contributed by atoms with Gasteiger partial charge in [0, 0.05) is 0 Å². The molecule has 3 aromatic rings. The van der Waals surface area contributed by atoms with Crippen LogP contribution in [-0.4, -0.2) is 37.4 Å². The largest absolute Gasteiger partial charge is 0.497 e. The smallest absolute Gasteiger partial charge is 0.350 e. The van der Waals surface area contributed by atoms with Gasteiger partial charge in [-0.1, -0.05) is 48.5 Å². The molecule has 1 saturated heterocycles. The van der Waals surface area contributed by atoms with Crippen LogP contribution in [-0.2, 0) is 25.6 Å². The fourth-order valence-corrected chi connectivity index (χ4v) is 3.46. The predicted octanol–water partition coefficient (Wildman–Crippen LogP) is 4.21. The van der Waals surface area contributed by atoms with E-state index in [2.05, 4.69) is 0 Å². The molecule has 3 aromatic carbocycles. The number of fused-ring (bicyclic) bond motifs is 1. The summed E-state index contributed by atoms with van der Waals surface area (Å²) in [6.07, 6.45) is -1.17. The highest BCUT2D eigenvalue weighted by molar-refractivity contribution is 6.06. The maximum atomic E-state index is 13.2. The minimum atomic E-state index is -1.17. The van der Waals surface area contributed by atoms with Crippen molar-refractivity contribution in [1.82, 2.24) is 0 Å². The van der Waals surface area contributed by atoms with Crippen molar-refractivity contribution in [2.45, 2.75) is 32.2 Å². The molecule has 0 aromatic heterocycles. The Bertz CT molecular complexity index is 1120. The molecule has 0 radical (unpaired) electrons. The quantitative estimate of drug-likeness (QED) is 0.421. The molecule has 2 atom stereocenters. The highest BCUT2D eigenvalue weighted by Crippen LogP contribution is 2.35. The Balaban J connectivity index is 1.59. The number of aryl methyl sites for hydroxylation is 1. The molecule has 1 aliphatic rings. The fourth-order valence-electron chi connectivity index (χ4n) is 3.46. The Hall–Kier alpha value is -3.38. The lowest BCUT2D eigenvalue weighted by atomic mass is 10.00. The summed E-state index contributed by atoms with van der Waals surface area (Å²) in [7, 11) is 1.54. The first-order valence-corrected chi connectivity index (χ1v) is 10.0. The molecule has 1 heterocycles. The number of esters is 2. The number of carbonyl (C=O) groups is 2. The highest BCUT2D eigenvalue weighted by Gasteiger charge is 2.54. The second-order valence-electron chi connectivity index (χ2n) is 7.82. The molecule has 4 rings (SSSR count). The van der Waals surface area contributed by atoms with E-state index in [1.807, 2.05) is 61.5 Å². The van der Waals surface area contributed by atoms with Crippen molar-refractivity contribution in [3.05, 3.63) is 77.4 Å². The number of hydrogen-bond acceptors (Lipinski definition) is 6. The van der Waals surface area contributed by atoms with Gasteiger partial charge in [0.15, 0.2) is 0 Å². The van der Waals surface area contributed by atoms with E-state index in [4.69, 9.17) is 18.9 Å². The normalized spacial score (nSPS) is 18.3. The van der Waals surface area contributed by atoms with E-state index in [9.17, 15) is 9.59 Å². The first kappa shape index (κ1) is 20.9. The molecule has 0 unspecified atom stereocenters. The number of carbonyl (C=O) groups excluding carboxylic acids is 2. The van der Waals surface area contributed by atoms with E-state index in [0.717, 1.165) is 21.9 Å². The van der Waals surface area contributed by atoms with Gasteiger partial charge < -0.3 is 18.9 Å². The molecule has 6 nitrogen and oxygen atoms in total. The van der Waals surface area contributed by atoms with Gasteiger partial charge in [-0.05, 0) is 47.9 Å². The van der Waals surface area contributed by atoms with Crippen LogP contribution in [0.15, 0.2) is 60.7 Å². The van der Waals surface area contributed by atoms with Crippen molar-refractivity contribution in [3.63, 3.8) is 0 Å². The summed E-state index contributed by atoms with van der Waals surface area (Å²) in [6.45, 7) is 4.08. The van der Waals surface area contributed by atoms with Gasteiger partial charge in [-0.15, -0.1) is 0 Å². The van der Waals surface area contributed by atoms with Gasteiger partial charge in [0.2, 0.25) is 6.10 Å². The zero-order valence-corrected chi connectivity index (χ0v) is 17.7. The first-order valence-electron chi connectivity index (χ1n) is 10.0. The maximum absolute atomic E-state index is 13.2. The van der Waals surface area contributed by atoms with Crippen LogP contribution >= 0.6 is 0 Å². The van der Waals surface area contributed by atoms with Gasteiger partial charge in [-0.25, -0.2) is 9.59 Å². The Morgan fingerprint density at radius 3 is 2.48 bits per heavy atom. The number of methoxy groups -OCH3 is 1. The Kier molecular flexibility index (Phi) is 5.65. The average Bonchev–Trinajstić information content (AvgIpc) is 3.54. The van der Waals surface area contributed by atoms with Crippen molar-refractivity contribution in [1.29, 1.82) is 0 Å². The molecule has 0 bridgehead atoms. The summed E-state index contributed by atoms with van der Waals surface area (Å²) in [6, 6.07) is 18.5.